The fourth-order valence-corrected chi connectivity index (χ4v) is 3.53. The summed E-state index contributed by atoms with van der Waals surface area (Å²) in [5.41, 5.74) is 1.51. The van der Waals surface area contributed by atoms with Crippen LogP contribution in [0, 0.1) is 0 Å². The van der Waals surface area contributed by atoms with E-state index in [-0.39, 0.29) is 17.9 Å². The minimum absolute atomic E-state index is 0.0580. The van der Waals surface area contributed by atoms with Gasteiger partial charge >= 0.3 is 0 Å². The van der Waals surface area contributed by atoms with Gasteiger partial charge in [0.15, 0.2) is 6.10 Å². The number of nitrogens with one attached hydrogen (secondary N) is 2. The summed E-state index contributed by atoms with van der Waals surface area (Å²) in [5.74, 6) is 0.508. The van der Waals surface area contributed by atoms with Crippen LogP contribution in [0.3, 0.4) is 0 Å². The summed E-state index contributed by atoms with van der Waals surface area (Å²) in [4.78, 5) is 26.5. The van der Waals surface area contributed by atoms with Gasteiger partial charge in [-0.25, -0.2) is 0 Å². The zero-order valence-electron chi connectivity index (χ0n) is 17.1. The lowest BCUT2D eigenvalue weighted by molar-refractivity contribution is -0.125. The molecule has 1 aliphatic rings. The third-order valence-electron chi connectivity index (χ3n) is 5.00. The Morgan fingerprint density at radius 2 is 1.90 bits per heavy atom. The number of carbonyl (C=O) groups is 2. The summed E-state index contributed by atoms with van der Waals surface area (Å²) >= 11 is 0. The first-order valence-corrected chi connectivity index (χ1v) is 10.2. The lowest BCUT2D eigenvalue weighted by atomic mass is 10.1. The van der Waals surface area contributed by atoms with Crippen LogP contribution in [-0.4, -0.2) is 37.0 Å². The van der Waals surface area contributed by atoms with Gasteiger partial charge in [-0.05, 0) is 62.2 Å². The van der Waals surface area contributed by atoms with Crippen LogP contribution in [0.5, 0.6) is 5.75 Å². The minimum atomic E-state index is -0.561. The van der Waals surface area contributed by atoms with Gasteiger partial charge in [-0.1, -0.05) is 25.1 Å². The molecule has 1 fully saturated rings. The van der Waals surface area contributed by atoms with E-state index in [1.54, 1.807) is 4.90 Å². The topological polar surface area (TPSA) is 70.7 Å². The maximum atomic E-state index is 13.4. The highest BCUT2D eigenvalue weighted by molar-refractivity contribution is 5.97. The van der Waals surface area contributed by atoms with Crippen molar-refractivity contribution in [3.05, 3.63) is 54.6 Å². The number of rotatable bonds is 8. The molecule has 2 amide bonds. The average molecular weight is 396 g/mol. The SMILES string of the molecule is CCC(Oc1ccccc1)C(=O)N(C[C@H]1CCCN1)c1ccc(NC(C)=O)cc1. The molecule has 0 aliphatic carbocycles. The van der Waals surface area contributed by atoms with Crippen molar-refractivity contribution in [2.24, 2.45) is 0 Å². The summed E-state index contributed by atoms with van der Waals surface area (Å²) in [6, 6.07) is 17.1. The number of hydrogen-bond acceptors (Lipinski definition) is 4. The zero-order chi connectivity index (χ0) is 20.6. The predicted octanol–water partition coefficient (Wildman–Crippen LogP) is 3.59. The highest BCUT2D eigenvalue weighted by Gasteiger charge is 2.29. The van der Waals surface area contributed by atoms with Crippen molar-refractivity contribution in [3.63, 3.8) is 0 Å². The highest BCUT2D eigenvalue weighted by atomic mass is 16.5. The molecule has 1 heterocycles. The molecule has 29 heavy (non-hydrogen) atoms. The normalized spacial score (nSPS) is 16.8. The first-order chi connectivity index (χ1) is 14.1. The summed E-state index contributed by atoms with van der Waals surface area (Å²) in [7, 11) is 0. The molecule has 6 nitrogen and oxygen atoms in total. The fraction of sp³-hybridized carbons (Fsp3) is 0.391. The molecule has 0 radical (unpaired) electrons. The Morgan fingerprint density at radius 1 is 1.17 bits per heavy atom. The number of para-hydroxylation sites is 1. The van der Waals surface area contributed by atoms with Crippen LogP contribution >= 0.6 is 0 Å². The largest absolute Gasteiger partial charge is 0.481 e. The predicted molar refractivity (Wildman–Crippen MR) is 115 cm³/mol. The number of carbonyl (C=O) groups excluding carboxylic acids is 2. The molecule has 2 aromatic carbocycles. The molecule has 3 rings (SSSR count). The van der Waals surface area contributed by atoms with Gasteiger partial charge in [0.1, 0.15) is 5.75 Å². The van der Waals surface area contributed by atoms with E-state index in [1.807, 2.05) is 61.5 Å². The standard InChI is InChI=1S/C23H29N3O3/c1-3-22(29-21-9-5-4-6-10-21)23(28)26(16-19-8-7-15-24-19)20-13-11-18(12-14-20)25-17(2)27/h4-6,9-14,19,22,24H,3,7-8,15-16H2,1-2H3,(H,25,27)/t19-,22?/m1/s1. The first kappa shape index (κ1) is 20.9. The molecule has 2 N–H and O–H groups in total. The second-order valence-electron chi connectivity index (χ2n) is 7.30. The highest BCUT2D eigenvalue weighted by Crippen LogP contribution is 2.23. The van der Waals surface area contributed by atoms with E-state index in [2.05, 4.69) is 10.6 Å². The summed E-state index contributed by atoms with van der Waals surface area (Å²) in [5, 5.41) is 6.22. The summed E-state index contributed by atoms with van der Waals surface area (Å²) < 4.78 is 6.00. The van der Waals surface area contributed by atoms with Crippen LogP contribution in [0.15, 0.2) is 54.6 Å². The fourth-order valence-electron chi connectivity index (χ4n) is 3.53. The quantitative estimate of drug-likeness (QED) is 0.717. The Balaban J connectivity index is 1.81. The number of nitrogens with zero attached hydrogens (tertiary/aromatic N) is 1. The van der Waals surface area contributed by atoms with Gasteiger partial charge in [0.25, 0.3) is 5.91 Å². The Hall–Kier alpha value is -2.86. The van der Waals surface area contributed by atoms with Crippen LogP contribution in [-0.2, 0) is 9.59 Å². The van der Waals surface area contributed by atoms with Crippen molar-refractivity contribution in [3.8, 4) is 5.75 Å². The van der Waals surface area contributed by atoms with Crippen molar-refractivity contribution >= 4 is 23.2 Å². The van der Waals surface area contributed by atoms with E-state index >= 15 is 0 Å². The van der Waals surface area contributed by atoms with Gasteiger partial charge in [0.2, 0.25) is 5.91 Å². The van der Waals surface area contributed by atoms with Crippen LogP contribution in [0.4, 0.5) is 11.4 Å². The summed E-state index contributed by atoms with van der Waals surface area (Å²) in [6.07, 6.45) is 2.18. The molecule has 154 valence electrons. The van der Waals surface area contributed by atoms with Crippen LogP contribution < -0.4 is 20.3 Å². The van der Waals surface area contributed by atoms with Gasteiger partial charge in [0, 0.05) is 30.9 Å². The molecule has 2 aromatic rings. The Kier molecular flexibility index (Phi) is 7.25. The zero-order valence-corrected chi connectivity index (χ0v) is 17.1. The monoisotopic (exact) mass is 395 g/mol. The van der Waals surface area contributed by atoms with Crippen molar-refractivity contribution in [1.29, 1.82) is 0 Å². The van der Waals surface area contributed by atoms with Crippen LogP contribution in [0.2, 0.25) is 0 Å². The number of hydrogen-bond donors (Lipinski definition) is 2. The molecule has 2 atom stereocenters. The minimum Gasteiger partial charge on any atom is -0.481 e. The molecule has 1 saturated heterocycles. The van der Waals surface area contributed by atoms with E-state index in [0.29, 0.717) is 24.4 Å². The molecular weight excluding hydrogens is 366 g/mol. The van der Waals surface area contributed by atoms with Gasteiger partial charge in [0.05, 0.1) is 0 Å². The van der Waals surface area contributed by atoms with Crippen molar-refractivity contribution < 1.29 is 14.3 Å². The third kappa shape index (κ3) is 5.81. The molecule has 1 unspecified atom stereocenters. The third-order valence-corrected chi connectivity index (χ3v) is 5.00. The lowest BCUT2D eigenvalue weighted by Crippen LogP contribution is -2.47. The van der Waals surface area contributed by atoms with Crippen molar-refractivity contribution in [1.82, 2.24) is 5.32 Å². The van der Waals surface area contributed by atoms with E-state index in [9.17, 15) is 9.59 Å². The van der Waals surface area contributed by atoms with Crippen molar-refractivity contribution in [2.75, 3.05) is 23.3 Å². The second-order valence-corrected chi connectivity index (χ2v) is 7.30. The summed E-state index contributed by atoms with van der Waals surface area (Å²) in [6.45, 7) is 5.00. The Bertz CT molecular complexity index is 802. The molecule has 0 saturated carbocycles. The number of benzene rings is 2. The second kappa shape index (κ2) is 10.1. The van der Waals surface area contributed by atoms with Gasteiger partial charge in [-0.3, -0.25) is 9.59 Å². The smallest absolute Gasteiger partial charge is 0.268 e. The molecule has 0 spiro atoms. The van der Waals surface area contributed by atoms with Gasteiger partial charge in [-0.2, -0.15) is 0 Å². The van der Waals surface area contributed by atoms with Crippen LogP contribution in [0.25, 0.3) is 0 Å². The number of ether oxygens (including phenoxy) is 1. The first-order valence-electron chi connectivity index (χ1n) is 10.2. The molecule has 0 bridgehead atoms. The maximum absolute atomic E-state index is 13.4. The lowest BCUT2D eigenvalue weighted by Gasteiger charge is -2.30. The number of amides is 2. The van der Waals surface area contributed by atoms with E-state index in [1.165, 1.54) is 6.92 Å². The van der Waals surface area contributed by atoms with Gasteiger partial charge in [-0.15, -0.1) is 0 Å². The molecule has 6 heteroatoms. The maximum Gasteiger partial charge on any atom is 0.268 e. The van der Waals surface area contributed by atoms with Crippen molar-refractivity contribution in [2.45, 2.75) is 45.3 Å². The Morgan fingerprint density at radius 3 is 2.48 bits per heavy atom. The van der Waals surface area contributed by atoms with E-state index in [4.69, 9.17) is 4.74 Å². The molecular formula is C23H29N3O3. The van der Waals surface area contributed by atoms with E-state index < -0.39 is 6.10 Å². The number of anilines is 2. The van der Waals surface area contributed by atoms with Crippen LogP contribution in [0.1, 0.15) is 33.1 Å². The molecule has 1 aliphatic heterocycles. The molecule has 0 aromatic heterocycles. The van der Waals surface area contributed by atoms with E-state index in [0.717, 1.165) is 25.1 Å². The average Bonchev–Trinajstić information content (AvgIpc) is 3.24. The Labute approximate surface area is 172 Å². The van der Waals surface area contributed by atoms with Gasteiger partial charge < -0.3 is 20.3 Å².